The molecule has 0 saturated carbocycles. The first-order chi connectivity index (χ1) is 4.31. The van der Waals surface area contributed by atoms with Crippen LogP contribution < -0.4 is 0 Å². The van der Waals surface area contributed by atoms with Crippen molar-refractivity contribution in [2.75, 3.05) is 0 Å². The van der Waals surface area contributed by atoms with Crippen molar-refractivity contribution in [3.8, 4) is 0 Å². The Balaban J connectivity index is 3.36. The molecule has 0 aromatic carbocycles. The van der Waals surface area contributed by atoms with Gasteiger partial charge in [-0.3, -0.25) is 0 Å². The van der Waals surface area contributed by atoms with E-state index in [1.54, 1.807) is 12.2 Å². The van der Waals surface area contributed by atoms with Crippen molar-refractivity contribution in [2.24, 2.45) is 0 Å². The third kappa shape index (κ3) is 5.04. The van der Waals surface area contributed by atoms with Gasteiger partial charge in [0, 0.05) is 0 Å². The Bertz CT molecular complexity index is 114. The lowest BCUT2D eigenvalue weighted by molar-refractivity contribution is 0.227. The van der Waals surface area contributed by atoms with Crippen LogP contribution in [0.25, 0.3) is 0 Å². The molecule has 0 heterocycles. The molecule has 1 unspecified atom stereocenters. The van der Waals surface area contributed by atoms with Gasteiger partial charge < -0.3 is 5.11 Å². The Labute approximate surface area is 56.0 Å². The van der Waals surface area contributed by atoms with Crippen LogP contribution in [0.4, 0.5) is 0 Å². The molecule has 0 bridgehead atoms. The van der Waals surface area contributed by atoms with Gasteiger partial charge in [0.05, 0.1) is 6.10 Å². The third-order valence-corrected chi connectivity index (χ3v) is 0.922. The zero-order chi connectivity index (χ0) is 7.11. The largest absolute Gasteiger partial charge is 0.389 e. The fourth-order valence-electron chi connectivity index (χ4n) is 0.410. The highest BCUT2D eigenvalue weighted by Crippen LogP contribution is 1.92. The Morgan fingerprint density at radius 1 is 1.44 bits per heavy atom. The van der Waals surface area contributed by atoms with Crippen LogP contribution in [0.15, 0.2) is 37.5 Å². The molecule has 0 amide bonds. The zero-order valence-corrected chi connectivity index (χ0v) is 5.46. The van der Waals surface area contributed by atoms with E-state index in [0.29, 0.717) is 6.42 Å². The van der Waals surface area contributed by atoms with E-state index in [-0.39, 0.29) is 0 Å². The number of allylic oxidation sites excluding steroid dienone is 2. The smallest absolute Gasteiger partial charge is 0.0752 e. The molecule has 1 nitrogen and oxygen atoms in total. The predicted octanol–water partition coefficient (Wildman–Crippen LogP) is 1.67. The molecule has 0 spiro atoms. The Morgan fingerprint density at radius 2 is 2.11 bits per heavy atom. The van der Waals surface area contributed by atoms with Crippen LogP contribution >= 0.6 is 0 Å². The average Bonchev–Trinajstić information content (AvgIpc) is 1.89. The van der Waals surface area contributed by atoms with Gasteiger partial charge in [-0.15, -0.1) is 6.58 Å². The van der Waals surface area contributed by atoms with Gasteiger partial charge in [-0.2, -0.15) is 0 Å². The van der Waals surface area contributed by atoms with Crippen LogP contribution in [-0.2, 0) is 0 Å². The number of aliphatic hydroxyl groups excluding tert-OH is 1. The molecule has 1 heteroatoms. The van der Waals surface area contributed by atoms with Crippen molar-refractivity contribution in [1.29, 1.82) is 0 Å². The molecule has 9 heavy (non-hydrogen) atoms. The fourth-order valence-corrected chi connectivity index (χ4v) is 0.410. The average molecular weight is 124 g/mol. The van der Waals surface area contributed by atoms with E-state index < -0.39 is 6.10 Å². The lowest BCUT2D eigenvalue weighted by atomic mass is 10.2. The molecule has 0 aliphatic carbocycles. The molecular formula is C8H12O. The Hall–Kier alpha value is -0.820. The summed E-state index contributed by atoms with van der Waals surface area (Å²) in [5, 5.41) is 8.88. The maximum atomic E-state index is 8.88. The molecule has 0 saturated heterocycles. The SMILES string of the molecule is C=C/C=C/CC(O)C=C. The molecule has 0 fully saturated rings. The van der Waals surface area contributed by atoms with Crippen LogP contribution in [0.1, 0.15) is 6.42 Å². The van der Waals surface area contributed by atoms with Crippen molar-refractivity contribution in [3.05, 3.63) is 37.5 Å². The first kappa shape index (κ1) is 8.18. The van der Waals surface area contributed by atoms with Crippen molar-refractivity contribution in [3.63, 3.8) is 0 Å². The van der Waals surface area contributed by atoms with Gasteiger partial charge in [-0.25, -0.2) is 0 Å². The summed E-state index contributed by atoms with van der Waals surface area (Å²) in [6.07, 6.45) is 7.03. The van der Waals surface area contributed by atoms with Crippen LogP contribution in [-0.4, -0.2) is 11.2 Å². The van der Waals surface area contributed by atoms with E-state index >= 15 is 0 Å². The molecule has 0 aromatic rings. The van der Waals surface area contributed by atoms with Gasteiger partial charge in [0.2, 0.25) is 0 Å². The lowest BCUT2D eigenvalue weighted by Crippen LogP contribution is -1.97. The van der Waals surface area contributed by atoms with Crippen LogP contribution in [0.3, 0.4) is 0 Å². The molecule has 0 radical (unpaired) electrons. The van der Waals surface area contributed by atoms with E-state index in [4.69, 9.17) is 5.11 Å². The molecule has 1 N–H and O–H groups in total. The first-order valence-electron chi connectivity index (χ1n) is 2.89. The maximum absolute atomic E-state index is 8.88. The highest BCUT2D eigenvalue weighted by Gasteiger charge is 1.89. The van der Waals surface area contributed by atoms with Gasteiger partial charge >= 0.3 is 0 Å². The van der Waals surface area contributed by atoms with E-state index in [0.717, 1.165) is 0 Å². The number of hydrogen-bond donors (Lipinski definition) is 1. The minimum absolute atomic E-state index is 0.416. The topological polar surface area (TPSA) is 20.2 Å². The minimum Gasteiger partial charge on any atom is -0.389 e. The Kier molecular flexibility index (Phi) is 4.83. The predicted molar refractivity (Wildman–Crippen MR) is 40.2 cm³/mol. The summed E-state index contributed by atoms with van der Waals surface area (Å²) in [5.74, 6) is 0. The summed E-state index contributed by atoms with van der Waals surface area (Å²) >= 11 is 0. The number of hydrogen-bond acceptors (Lipinski definition) is 1. The quantitative estimate of drug-likeness (QED) is 0.446. The van der Waals surface area contributed by atoms with E-state index in [1.807, 2.05) is 6.08 Å². The summed E-state index contributed by atoms with van der Waals surface area (Å²) < 4.78 is 0. The van der Waals surface area contributed by atoms with E-state index in [9.17, 15) is 0 Å². The highest BCUT2D eigenvalue weighted by molar-refractivity contribution is 4.99. The summed E-state index contributed by atoms with van der Waals surface area (Å²) in [6, 6.07) is 0. The molecule has 0 aliphatic rings. The summed E-state index contributed by atoms with van der Waals surface area (Å²) in [6.45, 7) is 6.92. The maximum Gasteiger partial charge on any atom is 0.0752 e. The molecule has 0 aromatic heterocycles. The molecule has 0 rings (SSSR count). The summed E-state index contributed by atoms with van der Waals surface area (Å²) in [4.78, 5) is 0. The van der Waals surface area contributed by atoms with E-state index in [1.165, 1.54) is 6.08 Å². The van der Waals surface area contributed by atoms with Crippen LogP contribution in [0.5, 0.6) is 0 Å². The third-order valence-electron chi connectivity index (χ3n) is 0.922. The van der Waals surface area contributed by atoms with Gasteiger partial charge in [-0.1, -0.05) is 30.9 Å². The van der Waals surface area contributed by atoms with Crippen molar-refractivity contribution in [1.82, 2.24) is 0 Å². The summed E-state index contributed by atoms with van der Waals surface area (Å²) in [5.41, 5.74) is 0. The second-order valence-corrected chi connectivity index (χ2v) is 1.70. The minimum atomic E-state index is -0.416. The lowest BCUT2D eigenvalue weighted by Gasteiger charge is -1.96. The Morgan fingerprint density at radius 3 is 2.56 bits per heavy atom. The molecular weight excluding hydrogens is 112 g/mol. The second kappa shape index (κ2) is 5.32. The second-order valence-electron chi connectivity index (χ2n) is 1.70. The monoisotopic (exact) mass is 124 g/mol. The molecule has 0 aliphatic heterocycles. The normalized spacial score (nSPS) is 13.4. The van der Waals surface area contributed by atoms with Crippen LogP contribution in [0.2, 0.25) is 0 Å². The first-order valence-corrected chi connectivity index (χ1v) is 2.89. The highest BCUT2D eigenvalue weighted by atomic mass is 16.3. The fraction of sp³-hybridized carbons (Fsp3) is 0.250. The van der Waals surface area contributed by atoms with E-state index in [2.05, 4.69) is 13.2 Å². The van der Waals surface area contributed by atoms with Crippen molar-refractivity contribution < 1.29 is 5.11 Å². The van der Waals surface area contributed by atoms with Gasteiger partial charge in [0.1, 0.15) is 0 Å². The zero-order valence-electron chi connectivity index (χ0n) is 5.46. The molecule has 50 valence electrons. The van der Waals surface area contributed by atoms with Crippen LogP contribution in [0, 0.1) is 0 Å². The standard InChI is InChI=1S/C8H12O/c1-3-5-6-7-8(9)4-2/h3-6,8-9H,1-2,7H2/b6-5+. The van der Waals surface area contributed by atoms with Gasteiger partial charge in [-0.05, 0) is 6.42 Å². The number of rotatable bonds is 4. The molecule has 1 atom stereocenters. The van der Waals surface area contributed by atoms with Crippen molar-refractivity contribution in [2.45, 2.75) is 12.5 Å². The van der Waals surface area contributed by atoms with Gasteiger partial charge in [0.25, 0.3) is 0 Å². The number of aliphatic hydroxyl groups is 1. The van der Waals surface area contributed by atoms with Gasteiger partial charge in [0.15, 0.2) is 0 Å². The summed E-state index contributed by atoms with van der Waals surface area (Å²) in [7, 11) is 0. The van der Waals surface area contributed by atoms with Crippen molar-refractivity contribution >= 4 is 0 Å².